The highest BCUT2D eigenvalue weighted by Gasteiger charge is 2.32. The number of rotatable bonds is 2. The lowest BCUT2D eigenvalue weighted by molar-refractivity contribution is 0.0874. The molecule has 1 fully saturated rings. The normalized spacial score (nSPS) is 24.6. The van der Waals surface area contributed by atoms with Crippen LogP contribution in [0.1, 0.15) is 42.9 Å². The van der Waals surface area contributed by atoms with Gasteiger partial charge in [0.2, 0.25) is 0 Å². The molecule has 2 aliphatic rings. The zero-order chi connectivity index (χ0) is 14.2. The predicted molar refractivity (Wildman–Crippen MR) is 85.1 cm³/mol. The smallest absolute Gasteiger partial charge is 0.0693 e. The molecule has 2 unspecified atom stereocenters. The van der Waals surface area contributed by atoms with Crippen LogP contribution in [0.4, 0.5) is 0 Å². The van der Waals surface area contributed by atoms with Gasteiger partial charge < -0.3 is 10.4 Å². The summed E-state index contributed by atoms with van der Waals surface area (Å²) < 4.78 is 0. The van der Waals surface area contributed by atoms with Crippen molar-refractivity contribution in [3.63, 3.8) is 0 Å². The van der Waals surface area contributed by atoms with Crippen LogP contribution in [-0.4, -0.2) is 17.3 Å². The van der Waals surface area contributed by atoms with Crippen molar-refractivity contribution >= 4 is 0 Å². The lowest BCUT2D eigenvalue weighted by Crippen LogP contribution is -2.43. The van der Waals surface area contributed by atoms with E-state index in [1.165, 1.54) is 28.7 Å². The summed E-state index contributed by atoms with van der Waals surface area (Å²) in [6, 6.07) is 17.7. The van der Waals surface area contributed by atoms with E-state index >= 15 is 0 Å². The maximum atomic E-state index is 10.3. The zero-order valence-electron chi connectivity index (χ0n) is 12.1. The molecule has 0 spiro atoms. The highest BCUT2D eigenvalue weighted by atomic mass is 16.3. The van der Waals surface area contributed by atoms with E-state index in [2.05, 4.69) is 53.8 Å². The molecule has 2 atom stereocenters. The van der Waals surface area contributed by atoms with Crippen molar-refractivity contribution in [2.24, 2.45) is 0 Å². The van der Waals surface area contributed by atoms with Crippen LogP contribution in [-0.2, 0) is 0 Å². The SMILES string of the molecule is OC1CCCCC1NC1c2ccccc2-c2ccccc21. The van der Waals surface area contributed by atoms with E-state index in [0.717, 1.165) is 19.3 Å². The van der Waals surface area contributed by atoms with Crippen LogP contribution in [0.15, 0.2) is 48.5 Å². The average molecular weight is 279 g/mol. The molecule has 0 saturated heterocycles. The number of fused-ring (bicyclic) bond motifs is 3. The highest BCUT2D eigenvalue weighted by Crippen LogP contribution is 2.43. The molecule has 2 aliphatic carbocycles. The summed E-state index contributed by atoms with van der Waals surface area (Å²) in [6.45, 7) is 0. The molecule has 21 heavy (non-hydrogen) atoms. The number of nitrogens with one attached hydrogen (secondary N) is 1. The lowest BCUT2D eigenvalue weighted by Gasteiger charge is -2.31. The maximum absolute atomic E-state index is 10.3. The average Bonchev–Trinajstić information content (AvgIpc) is 2.85. The Hall–Kier alpha value is -1.64. The molecule has 0 aromatic heterocycles. The second-order valence-electron chi connectivity index (χ2n) is 6.23. The Bertz CT molecular complexity index is 606. The van der Waals surface area contributed by atoms with Gasteiger partial charge in [0.05, 0.1) is 12.1 Å². The number of aliphatic hydroxyl groups is 1. The Morgan fingerprint density at radius 3 is 2.00 bits per heavy atom. The van der Waals surface area contributed by atoms with Crippen LogP contribution in [0.3, 0.4) is 0 Å². The summed E-state index contributed by atoms with van der Waals surface area (Å²) in [5, 5.41) is 14.0. The summed E-state index contributed by atoms with van der Waals surface area (Å²) in [4.78, 5) is 0. The Balaban J connectivity index is 1.71. The minimum Gasteiger partial charge on any atom is -0.392 e. The molecular formula is C19H21NO. The van der Waals surface area contributed by atoms with Crippen LogP contribution in [0.2, 0.25) is 0 Å². The monoisotopic (exact) mass is 279 g/mol. The first-order valence-electron chi connectivity index (χ1n) is 7.97. The van der Waals surface area contributed by atoms with Crippen molar-refractivity contribution < 1.29 is 5.11 Å². The van der Waals surface area contributed by atoms with E-state index in [0.29, 0.717) is 0 Å². The van der Waals surface area contributed by atoms with E-state index in [9.17, 15) is 5.11 Å². The second-order valence-corrected chi connectivity index (χ2v) is 6.23. The molecule has 2 aromatic rings. The molecule has 0 bridgehead atoms. The van der Waals surface area contributed by atoms with E-state index in [1.54, 1.807) is 0 Å². The van der Waals surface area contributed by atoms with Crippen molar-refractivity contribution in [1.29, 1.82) is 0 Å². The lowest BCUT2D eigenvalue weighted by atomic mass is 9.91. The minimum atomic E-state index is -0.210. The van der Waals surface area contributed by atoms with Gasteiger partial charge in [0.15, 0.2) is 0 Å². The summed E-state index contributed by atoms with van der Waals surface area (Å²) in [7, 11) is 0. The standard InChI is InChI=1S/C19H21NO/c21-18-12-6-5-11-17(18)20-19-15-9-3-1-7-13(15)14-8-2-4-10-16(14)19/h1-4,7-10,17-21H,5-6,11-12H2. The second kappa shape index (κ2) is 5.28. The number of hydrogen-bond acceptors (Lipinski definition) is 2. The first kappa shape index (κ1) is 13.1. The van der Waals surface area contributed by atoms with Crippen molar-refractivity contribution in [3.8, 4) is 11.1 Å². The number of benzene rings is 2. The summed E-state index contributed by atoms with van der Waals surface area (Å²) in [5.41, 5.74) is 5.35. The summed E-state index contributed by atoms with van der Waals surface area (Å²) in [6.07, 6.45) is 4.15. The third-order valence-electron chi connectivity index (χ3n) is 4.94. The van der Waals surface area contributed by atoms with Crippen molar-refractivity contribution in [3.05, 3.63) is 59.7 Å². The van der Waals surface area contributed by atoms with Crippen LogP contribution >= 0.6 is 0 Å². The molecule has 0 aliphatic heterocycles. The van der Waals surface area contributed by atoms with Gasteiger partial charge in [-0.2, -0.15) is 0 Å². The van der Waals surface area contributed by atoms with Gasteiger partial charge >= 0.3 is 0 Å². The van der Waals surface area contributed by atoms with E-state index in [1.807, 2.05) is 0 Å². The van der Waals surface area contributed by atoms with E-state index < -0.39 is 0 Å². The fourth-order valence-corrected chi connectivity index (χ4v) is 3.85. The molecule has 108 valence electrons. The van der Waals surface area contributed by atoms with Crippen LogP contribution in [0, 0.1) is 0 Å². The Kier molecular flexibility index (Phi) is 3.28. The molecule has 2 N–H and O–H groups in total. The van der Waals surface area contributed by atoms with Crippen molar-refractivity contribution in [2.45, 2.75) is 43.9 Å². The topological polar surface area (TPSA) is 32.3 Å². The molecule has 2 nitrogen and oxygen atoms in total. The van der Waals surface area contributed by atoms with Gasteiger partial charge in [0, 0.05) is 6.04 Å². The summed E-state index contributed by atoms with van der Waals surface area (Å²) in [5.74, 6) is 0. The van der Waals surface area contributed by atoms with Gasteiger partial charge in [-0.25, -0.2) is 0 Å². The number of hydrogen-bond donors (Lipinski definition) is 2. The molecule has 2 heteroatoms. The van der Waals surface area contributed by atoms with Gasteiger partial charge in [-0.05, 0) is 35.1 Å². The molecule has 1 saturated carbocycles. The first-order valence-corrected chi connectivity index (χ1v) is 7.97. The predicted octanol–water partition coefficient (Wildman–Crippen LogP) is 3.65. The number of aliphatic hydroxyl groups excluding tert-OH is 1. The van der Waals surface area contributed by atoms with Gasteiger partial charge in [-0.1, -0.05) is 61.4 Å². The minimum absolute atomic E-state index is 0.210. The fourth-order valence-electron chi connectivity index (χ4n) is 3.85. The van der Waals surface area contributed by atoms with Crippen LogP contribution < -0.4 is 5.32 Å². The molecule has 0 heterocycles. The molecule has 0 amide bonds. The van der Waals surface area contributed by atoms with Crippen molar-refractivity contribution in [1.82, 2.24) is 5.32 Å². The Morgan fingerprint density at radius 2 is 1.38 bits per heavy atom. The fraction of sp³-hybridized carbons (Fsp3) is 0.368. The Labute approximate surface area is 125 Å². The molecule has 2 aromatic carbocycles. The third kappa shape index (κ3) is 2.19. The molecule has 4 rings (SSSR count). The van der Waals surface area contributed by atoms with Gasteiger partial charge in [-0.15, -0.1) is 0 Å². The highest BCUT2D eigenvalue weighted by molar-refractivity contribution is 5.78. The van der Waals surface area contributed by atoms with E-state index in [4.69, 9.17) is 0 Å². The van der Waals surface area contributed by atoms with Gasteiger partial charge in [0.1, 0.15) is 0 Å². The largest absolute Gasteiger partial charge is 0.392 e. The molecule has 0 radical (unpaired) electrons. The van der Waals surface area contributed by atoms with E-state index in [-0.39, 0.29) is 18.2 Å². The molecular weight excluding hydrogens is 258 g/mol. The maximum Gasteiger partial charge on any atom is 0.0693 e. The Morgan fingerprint density at radius 1 is 0.810 bits per heavy atom. The zero-order valence-corrected chi connectivity index (χ0v) is 12.1. The third-order valence-corrected chi connectivity index (χ3v) is 4.94. The van der Waals surface area contributed by atoms with Gasteiger partial charge in [-0.3, -0.25) is 0 Å². The summed E-state index contributed by atoms with van der Waals surface area (Å²) >= 11 is 0. The first-order chi connectivity index (χ1) is 10.3. The van der Waals surface area contributed by atoms with Crippen molar-refractivity contribution in [2.75, 3.05) is 0 Å². The van der Waals surface area contributed by atoms with Crippen LogP contribution in [0.25, 0.3) is 11.1 Å². The quantitative estimate of drug-likeness (QED) is 0.879. The van der Waals surface area contributed by atoms with Crippen LogP contribution in [0.5, 0.6) is 0 Å². The van der Waals surface area contributed by atoms with Gasteiger partial charge in [0.25, 0.3) is 0 Å².